The van der Waals surface area contributed by atoms with Crippen molar-refractivity contribution in [2.75, 3.05) is 40.0 Å². The van der Waals surface area contributed by atoms with E-state index in [1.165, 1.54) is 0 Å². The maximum Gasteiger partial charge on any atom is 0.195 e. The van der Waals surface area contributed by atoms with Crippen LogP contribution in [0.5, 0.6) is 5.88 Å². The van der Waals surface area contributed by atoms with E-state index in [0.717, 1.165) is 56.3 Å². The van der Waals surface area contributed by atoms with Gasteiger partial charge in [0, 0.05) is 38.4 Å². The maximum absolute atomic E-state index is 5.45. The van der Waals surface area contributed by atoms with Crippen LogP contribution in [0.1, 0.15) is 0 Å². The number of ether oxygens (including phenoxy) is 2. The number of pyridine rings is 1. The zero-order chi connectivity index (χ0) is 13.1. The SMILES string of the molecule is COc1cc2ncccc2n1CCN1CCOCC1. The van der Waals surface area contributed by atoms with Crippen LogP contribution >= 0.6 is 0 Å². The van der Waals surface area contributed by atoms with Crippen LogP contribution < -0.4 is 4.74 Å². The Balaban J connectivity index is 1.78. The summed E-state index contributed by atoms with van der Waals surface area (Å²) in [5.41, 5.74) is 2.12. The van der Waals surface area contributed by atoms with E-state index in [4.69, 9.17) is 9.47 Å². The summed E-state index contributed by atoms with van der Waals surface area (Å²) in [7, 11) is 1.71. The average Bonchev–Trinajstić information content (AvgIpc) is 2.84. The zero-order valence-corrected chi connectivity index (χ0v) is 11.2. The summed E-state index contributed by atoms with van der Waals surface area (Å²) in [5.74, 6) is 0.877. The Morgan fingerprint density at radius 1 is 1.32 bits per heavy atom. The summed E-state index contributed by atoms with van der Waals surface area (Å²) in [5, 5.41) is 0. The van der Waals surface area contributed by atoms with E-state index in [1.807, 2.05) is 18.3 Å². The summed E-state index contributed by atoms with van der Waals surface area (Å²) in [6.07, 6.45) is 1.81. The minimum atomic E-state index is 0.838. The molecule has 19 heavy (non-hydrogen) atoms. The van der Waals surface area contributed by atoms with E-state index in [2.05, 4.69) is 20.5 Å². The summed E-state index contributed by atoms with van der Waals surface area (Å²) in [6.45, 7) is 5.63. The van der Waals surface area contributed by atoms with Gasteiger partial charge in [-0.2, -0.15) is 0 Å². The molecule has 0 atom stereocenters. The van der Waals surface area contributed by atoms with Gasteiger partial charge in [-0.25, -0.2) is 0 Å². The maximum atomic E-state index is 5.45. The molecule has 2 aromatic rings. The number of rotatable bonds is 4. The largest absolute Gasteiger partial charge is 0.482 e. The predicted molar refractivity (Wildman–Crippen MR) is 73.5 cm³/mol. The zero-order valence-electron chi connectivity index (χ0n) is 11.2. The van der Waals surface area contributed by atoms with Gasteiger partial charge in [0.25, 0.3) is 0 Å². The summed E-state index contributed by atoms with van der Waals surface area (Å²) >= 11 is 0. The topological polar surface area (TPSA) is 39.5 Å². The van der Waals surface area contributed by atoms with Crippen LogP contribution in [0.2, 0.25) is 0 Å². The van der Waals surface area contributed by atoms with Gasteiger partial charge >= 0.3 is 0 Å². The van der Waals surface area contributed by atoms with Gasteiger partial charge in [-0.3, -0.25) is 9.88 Å². The van der Waals surface area contributed by atoms with Crippen molar-refractivity contribution in [3.63, 3.8) is 0 Å². The normalized spacial score (nSPS) is 16.9. The van der Waals surface area contributed by atoms with Crippen molar-refractivity contribution in [2.24, 2.45) is 0 Å². The van der Waals surface area contributed by atoms with Gasteiger partial charge in [0.1, 0.15) is 0 Å². The average molecular weight is 261 g/mol. The fourth-order valence-electron chi connectivity index (χ4n) is 2.53. The molecule has 0 spiro atoms. The number of hydrogen-bond acceptors (Lipinski definition) is 4. The molecule has 0 saturated carbocycles. The van der Waals surface area contributed by atoms with Gasteiger partial charge in [0.2, 0.25) is 0 Å². The van der Waals surface area contributed by atoms with Gasteiger partial charge in [0.15, 0.2) is 5.88 Å². The quantitative estimate of drug-likeness (QED) is 0.833. The highest BCUT2D eigenvalue weighted by Crippen LogP contribution is 2.23. The molecule has 5 nitrogen and oxygen atoms in total. The van der Waals surface area contributed by atoms with Crippen LogP contribution in [0.3, 0.4) is 0 Å². The molecular weight excluding hydrogens is 242 g/mol. The highest BCUT2D eigenvalue weighted by Gasteiger charge is 2.13. The lowest BCUT2D eigenvalue weighted by Gasteiger charge is -2.26. The van der Waals surface area contributed by atoms with Crippen LogP contribution in [0.15, 0.2) is 24.4 Å². The molecule has 3 heterocycles. The fraction of sp³-hybridized carbons (Fsp3) is 0.500. The van der Waals surface area contributed by atoms with Crippen LogP contribution in [-0.4, -0.2) is 54.4 Å². The van der Waals surface area contributed by atoms with E-state index in [9.17, 15) is 0 Å². The molecule has 2 aromatic heterocycles. The third-order valence-corrected chi connectivity index (χ3v) is 3.59. The Hall–Kier alpha value is -1.59. The van der Waals surface area contributed by atoms with E-state index in [-0.39, 0.29) is 0 Å². The second-order valence-electron chi connectivity index (χ2n) is 4.70. The number of hydrogen-bond donors (Lipinski definition) is 0. The molecule has 0 aromatic carbocycles. The van der Waals surface area contributed by atoms with Gasteiger partial charge < -0.3 is 14.0 Å². The van der Waals surface area contributed by atoms with Crippen LogP contribution in [0, 0.1) is 0 Å². The van der Waals surface area contributed by atoms with Crippen molar-refractivity contribution in [3.05, 3.63) is 24.4 Å². The number of methoxy groups -OCH3 is 1. The molecule has 0 amide bonds. The first kappa shape index (κ1) is 12.4. The number of nitrogens with zero attached hydrogens (tertiary/aromatic N) is 3. The molecule has 3 rings (SSSR count). The molecule has 0 N–H and O–H groups in total. The summed E-state index contributed by atoms with van der Waals surface area (Å²) in [6, 6.07) is 6.05. The summed E-state index contributed by atoms with van der Waals surface area (Å²) < 4.78 is 13.0. The number of morpholine rings is 1. The van der Waals surface area contributed by atoms with Crippen molar-refractivity contribution in [1.82, 2.24) is 14.5 Å². The lowest BCUT2D eigenvalue weighted by molar-refractivity contribution is 0.0363. The Morgan fingerprint density at radius 3 is 2.95 bits per heavy atom. The molecule has 0 unspecified atom stereocenters. The molecule has 0 aliphatic carbocycles. The molecule has 102 valence electrons. The van der Waals surface area contributed by atoms with E-state index >= 15 is 0 Å². The van der Waals surface area contributed by atoms with Gasteiger partial charge in [0.05, 0.1) is 31.4 Å². The highest BCUT2D eigenvalue weighted by molar-refractivity contribution is 5.78. The van der Waals surface area contributed by atoms with Gasteiger partial charge in [-0.1, -0.05) is 0 Å². The molecule has 1 fully saturated rings. The van der Waals surface area contributed by atoms with Gasteiger partial charge in [-0.05, 0) is 12.1 Å². The highest BCUT2D eigenvalue weighted by atomic mass is 16.5. The third-order valence-electron chi connectivity index (χ3n) is 3.59. The number of fused-ring (bicyclic) bond motifs is 1. The second kappa shape index (κ2) is 5.59. The Morgan fingerprint density at radius 2 is 2.16 bits per heavy atom. The smallest absolute Gasteiger partial charge is 0.195 e. The molecule has 0 bridgehead atoms. The molecule has 0 radical (unpaired) electrons. The minimum absolute atomic E-state index is 0.838. The first-order valence-electron chi connectivity index (χ1n) is 6.67. The summed E-state index contributed by atoms with van der Waals surface area (Å²) in [4.78, 5) is 6.79. The van der Waals surface area contributed by atoms with Gasteiger partial charge in [-0.15, -0.1) is 0 Å². The lowest BCUT2D eigenvalue weighted by Crippen LogP contribution is -2.38. The predicted octanol–water partition coefficient (Wildman–Crippen LogP) is 1.38. The van der Waals surface area contributed by atoms with Crippen molar-refractivity contribution < 1.29 is 9.47 Å². The molecule has 1 aliphatic rings. The van der Waals surface area contributed by atoms with E-state index in [1.54, 1.807) is 7.11 Å². The Bertz CT molecular complexity index is 547. The Labute approximate surface area is 112 Å². The van der Waals surface area contributed by atoms with Crippen molar-refractivity contribution >= 4 is 11.0 Å². The lowest BCUT2D eigenvalue weighted by atomic mass is 10.4. The Kier molecular flexibility index (Phi) is 3.66. The van der Waals surface area contributed by atoms with E-state index in [0.29, 0.717) is 0 Å². The van der Waals surface area contributed by atoms with E-state index < -0.39 is 0 Å². The minimum Gasteiger partial charge on any atom is -0.482 e. The van der Waals surface area contributed by atoms with Crippen LogP contribution in [0.25, 0.3) is 11.0 Å². The third kappa shape index (κ3) is 2.57. The monoisotopic (exact) mass is 261 g/mol. The van der Waals surface area contributed by atoms with Crippen LogP contribution in [0.4, 0.5) is 0 Å². The molecule has 5 heteroatoms. The number of aromatic nitrogens is 2. The second-order valence-corrected chi connectivity index (χ2v) is 4.70. The standard InChI is InChI=1S/C14H19N3O2/c1-18-14-11-12-13(3-2-4-15-12)17(14)6-5-16-7-9-19-10-8-16/h2-4,11H,5-10H2,1H3. The molecule has 1 aliphatic heterocycles. The molecular formula is C14H19N3O2. The van der Waals surface area contributed by atoms with Crippen molar-refractivity contribution in [1.29, 1.82) is 0 Å². The fourth-order valence-corrected chi connectivity index (χ4v) is 2.53. The van der Waals surface area contributed by atoms with Crippen molar-refractivity contribution in [3.8, 4) is 5.88 Å². The first-order chi connectivity index (χ1) is 9.38. The first-order valence-corrected chi connectivity index (χ1v) is 6.67. The van der Waals surface area contributed by atoms with Crippen LogP contribution in [-0.2, 0) is 11.3 Å². The van der Waals surface area contributed by atoms with Crippen molar-refractivity contribution in [2.45, 2.75) is 6.54 Å². The molecule has 1 saturated heterocycles.